The van der Waals surface area contributed by atoms with Gasteiger partial charge in [-0.1, -0.05) is 60.1 Å². The number of benzene rings is 3. The minimum atomic E-state index is -2.04. The molecular formula is C26H26ClNO4. The summed E-state index contributed by atoms with van der Waals surface area (Å²) >= 11 is 6.39. The Kier molecular flexibility index (Phi) is 6.89. The molecule has 3 aromatic carbocycles. The first kappa shape index (κ1) is 19.8. The molecule has 1 fully saturated rings. The van der Waals surface area contributed by atoms with Gasteiger partial charge in [0.25, 0.3) is 5.91 Å². The van der Waals surface area contributed by atoms with Crippen molar-refractivity contribution in [3.8, 4) is 16.9 Å². The molecule has 0 unspecified atom stereocenters. The van der Waals surface area contributed by atoms with E-state index in [1.54, 1.807) is 35.2 Å². The highest BCUT2D eigenvalue weighted by molar-refractivity contribution is 6.32. The van der Waals surface area contributed by atoms with Crippen molar-refractivity contribution in [3.63, 3.8) is 0 Å². The molecule has 1 saturated heterocycles. The van der Waals surface area contributed by atoms with Gasteiger partial charge in [0.05, 0.1) is 34.2 Å². The van der Waals surface area contributed by atoms with E-state index in [2.05, 4.69) is 0 Å². The second kappa shape index (κ2) is 11.1. The molecule has 32 heavy (non-hydrogen) atoms. The molecule has 0 aromatic heterocycles. The van der Waals surface area contributed by atoms with Gasteiger partial charge in [0, 0.05) is 18.7 Å². The lowest BCUT2D eigenvalue weighted by atomic mass is 10.0. The molecule has 0 bridgehead atoms. The van der Waals surface area contributed by atoms with Crippen molar-refractivity contribution in [3.05, 3.63) is 88.9 Å². The van der Waals surface area contributed by atoms with Crippen molar-refractivity contribution in [2.75, 3.05) is 39.5 Å². The monoisotopic (exact) mass is 453 g/mol. The van der Waals surface area contributed by atoms with Gasteiger partial charge in [-0.2, -0.15) is 0 Å². The minimum Gasteiger partial charge on any atom is -0.490 e. The van der Waals surface area contributed by atoms with Gasteiger partial charge >= 0.3 is 0 Å². The standard InChI is InChI=1S/C26H26ClNO4/c27-24-18-23(10-11-25(24)32-17-16-31-19-20-4-2-1-3-5-20)21-6-8-22(9-7-21)26(29)28-12-14-30-15-13-28/h1-11,18H,12-17,19H2/i17D2. The van der Waals surface area contributed by atoms with Crippen LogP contribution in [0.2, 0.25) is 5.02 Å². The molecule has 0 saturated carbocycles. The van der Waals surface area contributed by atoms with E-state index >= 15 is 0 Å². The Morgan fingerprint density at radius 2 is 1.72 bits per heavy atom. The average Bonchev–Trinajstić information content (AvgIpc) is 2.86. The Balaban J connectivity index is 1.37. The topological polar surface area (TPSA) is 48.0 Å². The van der Waals surface area contributed by atoms with E-state index in [-0.39, 0.29) is 23.3 Å². The third-order valence-corrected chi connectivity index (χ3v) is 5.45. The summed E-state index contributed by atoms with van der Waals surface area (Å²) in [5, 5.41) is 0.290. The third-order valence-electron chi connectivity index (χ3n) is 5.15. The van der Waals surface area contributed by atoms with E-state index in [4.69, 9.17) is 28.6 Å². The van der Waals surface area contributed by atoms with Crippen molar-refractivity contribution in [1.82, 2.24) is 4.90 Å². The quantitative estimate of drug-likeness (QED) is 0.477. The van der Waals surface area contributed by atoms with Crippen LogP contribution >= 0.6 is 11.6 Å². The minimum absolute atomic E-state index is 0.00616. The first-order valence-electron chi connectivity index (χ1n) is 11.5. The number of morpholine rings is 1. The maximum atomic E-state index is 12.6. The summed E-state index contributed by atoms with van der Waals surface area (Å²) in [4.78, 5) is 14.4. The van der Waals surface area contributed by atoms with Gasteiger partial charge < -0.3 is 19.1 Å². The zero-order valence-electron chi connectivity index (χ0n) is 19.6. The van der Waals surface area contributed by atoms with Crippen molar-refractivity contribution < 1.29 is 21.7 Å². The molecule has 0 spiro atoms. The lowest BCUT2D eigenvalue weighted by molar-refractivity contribution is 0.0303. The summed E-state index contributed by atoms with van der Waals surface area (Å²) in [6.07, 6.45) is 0. The molecule has 1 amide bonds. The summed E-state index contributed by atoms with van der Waals surface area (Å²) in [5.74, 6) is 0.228. The number of carbonyl (C=O) groups excluding carboxylic acids is 1. The zero-order chi connectivity index (χ0) is 24.0. The van der Waals surface area contributed by atoms with Crippen molar-refractivity contribution in [2.24, 2.45) is 0 Å². The molecule has 0 radical (unpaired) electrons. The van der Waals surface area contributed by atoms with Crippen LogP contribution in [0, 0.1) is 0 Å². The van der Waals surface area contributed by atoms with Crippen LogP contribution in [0.25, 0.3) is 11.1 Å². The molecule has 0 atom stereocenters. The lowest BCUT2D eigenvalue weighted by Gasteiger charge is -2.26. The summed E-state index contributed by atoms with van der Waals surface area (Å²) in [7, 11) is 0. The fraction of sp³-hybridized carbons (Fsp3) is 0.269. The Labute approximate surface area is 196 Å². The summed E-state index contributed by atoms with van der Waals surface area (Å²) in [5.41, 5.74) is 3.31. The van der Waals surface area contributed by atoms with E-state index < -0.39 is 6.56 Å². The molecule has 1 aliphatic rings. The summed E-state index contributed by atoms with van der Waals surface area (Å²) < 4.78 is 32.5. The highest BCUT2D eigenvalue weighted by Gasteiger charge is 2.18. The van der Waals surface area contributed by atoms with Crippen molar-refractivity contribution >= 4 is 17.5 Å². The van der Waals surface area contributed by atoms with Gasteiger partial charge in [-0.3, -0.25) is 4.79 Å². The van der Waals surface area contributed by atoms with Gasteiger partial charge in [0.2, 0.25) is 0 Å². The van der Waals surface area contributed by atoms with Gasteiger partial charge in [-0.05, 0) is 41.0 Å². The predicted molar refractivity (Wildman–Crippen MR) is 125 cm³/mol. The highest BCUT2D eigenvalue weighted by atomic mass is 35.5. The summed E-state index contributed by atoms with van der Waals surface area (Å²) in [6.45, 7) is 0.340. The van der Waals surface area contributed by atoms with Gasteiger partial charge in [-0.25, -0.2) is 0 Å². The number of amides is 1. The van der Waals surface area contributed by atoms with Crippen LogP contribution in [0.15, 0.2) is 72.8 Å². The maximum absolute atomic E-state index is 12.6. The molecule has 6 heteroatoms. The van der Waals surface area contributed by atoms with Gasteiger partial charge in [0.15, 0.2) is 0 Å². The molecule has 166 valence electrons. The van der Waals surface area contributed by atoms with E-state index in [1.807, 2.05) is 42.5 Å². The molecule has 3 aromatic rings. The van der Waals surface area contributed by atoms with E-state index in [0.29, 0.717) is 38.5 Å². The summed E-state index contributed by atoms with van der Waals surface area (Å²) in [6, 6.07) is 22.1. The molecule has 5 nitrogen and oxygen atoms in total. The van der Waals surface area contributed by atoms with E-state index in [9.17, 15) is 4.79 Å². The lowest BCUT2D eigenvalue weighted by Crippen LogP contribution is -2.40. The predicted octanol–water partition coefficient (Wildman–Crippen LogP) is 5.08. The van der Waals surface area contributed by atoms with Crippen LogP contribution in [-0.4, -0.2) is 50.3 Å². The number of rotatable bonds is 8. The number of hydrogen-bond donors (Lipinski definition) is 0. The van der Waals surface area contributed by atoms with E-state index in [1.165, 1.54) is 0 Å². The van der Waals surface area contributed by atoms with E-state index in [0.717, 1.165) is 16.7 Å². The second-order valence-electron chi connectivity index (χ2n) is 7.35. The van der Waals surface area contributed by atoms with Crippen molar-refractivity contribution in [2.45, 2.75) is 6.61 Å². The van der Waals surface area contributed by atoms with Crippen LogP contribution in [0.1, 0.15) is 18.7 Å². The van der Waals surface area contributed by atoms with Gasteiger partial charge in [-0.15, -0.1) is 0 Å². The van der Waals surface area contributed by atoms with Crippen LogP contribution in [0.3, 0.4) is 0 Å². The third kappa shape index (κ3) is 5.88. The molecule has 1 aliphatic heterocycles. The Morgan fingerprint density at radius 3 is 2.44 bits per heavy atom. The largest absolute Gasteiger partial charge is 0.490 e. The van der Waals surface area contributed by atoms with Crippen LogP contribution in [0.4, 0.5) is 0 Å². The average molecular weight is 454 g/mol. The molecule has 1 heterocycles. The highest BCUT2D eigenvalue weighted by Crippen LogP contribution is 2.30. The van der Waals surface area contributed by atoms with Crippen molar-refractivity contribution in [1.29, 1.82) is 0 Å². The van der Waals surface area contributed by atoms with Crippen LogP contribution < -0.4 is 4.74 Å². The Bertz CT molecular complexity index is 1100. The maximum Gasteiger partial charge on any atom is 0.254 e. The SMILES string of the molecule is [2H]C([2H])(COCc1ccccc1)Oc1ccc(-c2ccc(C(=O)N3CCOCC3)cc2)cc1Cl. The molecule has 4 rings (SSSR count). The Morgan fingerprint density at radius 1 is 1.00 bits per heavy atom. The molecular weight excluding hydrogens is 426 g/mol. The smallest absolute Gasteiger partial charge is 0.254 e. The zero-order valence-corrected chi connectivity index (χ0v) is 18.4. The van der Waals surface area contributed by atoms with Crippen LogP contribution in [-0.2, 0) is 16.1 Å². The van der Waals surface area contributed by atoms with Crippen LogP contribution in [0.5, 0.6) is 5.75 Å². The fourth-order valence-electron chi connectivity index (χ4n) is 3.41. The molecule has 0 aliphatic carbocycles. The first-order chi connectivity index (χ1) is 16.4. The normalized spacial score (nSPS) is 15.1. The first-order valence-corrected chi connectivity index (χ1v) is 10.9. The number of halogens is 1. The van der Waals surface area contributed by atoms with Gasteiger partial charge in [0.1, 0.15) is 12.3 Å². The Hall–Kier alpha value is -2.86. The number of carbonyl (C=O) groups is 1. The fourth-order valence-corrected chi connectivity index (χ4v) is 3.63. The molecule has 0 N–H and O–H groups in total. The second-order valence-corrected chi connectivity index (χ2v) is 7.76. The number of hydrogen-bond acceptors (Lipinski definition) is 4. The number of nitrogens with zero attached hydrogens (tertiary/aromatic N) is 1. The number of ether oxygens (including phenoxy) is 3.